The van der Waals surface area contributed by atoms with E-state index in [-0.39, 0.29) is 11.9 Å². The molecule has 19 heavy (non-hydrogen) atoms. The molecular weight excluding hydrogens is 244 g/mol. The Hall–Kier alpha value is -1.75. The molecule has 1 aromatic rings. The molecule has 1 aromatic carbocycles. The molecule has 5 heteroatoms. The van der Waals surface area contributed by atoms with Gasteiger partial charge in [-0.25, -0.2) is 0 Å². The highest BCUT2D eigenvalue weighted by atomic mass is 16.5. The van der Waals surface area contributed by atoms with Crippen LogP contribution in [-0.2, 0) is 4.79 Å². The van der Waals surface area contributed by atoms with E-state index in [4.69, 9.17) is 15.2 Å². The highest BCUT2D eigenvalue weighted by Crippen LogP contribution is 2.29. The van der Waals surface area contributed by atoms with Gasteiger partial charge >= 0.3 is 0 Å². The molecule has 0 aliphatic carbocycles. The van der Waals surface area contributed by atoms with E-state index >= 15 is 0 Å². The highest BCUT2D eigenvalue weighted by Gasteiger charge is 2.24. The monoisotopic (exact) mass is 266 g/mol. The first-order chi connectivity index (χ1) is 8.79. The van der Waals surface area contributed by atoms with Crippen LogP contribution in [0.25, 0.3) is 0 Å². The van der Waals surface area contributed by atoms with Crippen molar-refractivity contribution in [2.24, 2.45) is 5.73 Å². The minimum Gasteiger partial charge on any atom is -0.497 e. The third-order valence-corrected chi connectivity index (χ3v) is 2.84. The number of carbonyl (C=O) groups excluding carboxylic acids is 1. The van der Waals surface area contributed by atoms with Crippen LogP contribution >= 0.6 is 0 Å². The van der Waals surface area contributed by atoms with Crippen LogP contribution in [-0.4, -0.2) is 25.7 Å². The average Bonchev–Trinajstić information content (AvgIpc) is 2.36. The van der Waals surface area contributed by atoms with Crippen LogP contribution in [0.1, 0.15) is 32.4 Å². The number of methoxy groups -OCH3 is 2. The van der Waals surface area contributed by atoms with Gasteiger partial charge in [0, 0.05) is 11.6 Å². The lowest BCUT2D eigenvalue weighted by molar-refractivity contribution is -0.125. The van der Waals surface area contributed by atoms with Crippen molar-refractivity contribution in [1.29, 1.82) is 0 Å². The summed E-state index contributed by atoms with van der Waals surface area (Å²) in [6.45, 7) is 5.22. The lowest BCUT2D eigenvalue weighted by Gasteiger charge is -2.23. The van der Waals surface area contributed by atoms with E-state index in [0.717, 1.165) is 5.56 Å². The first-order valence-electron chi connectivity index (χ1n) is 6.11. The molecule has 0 saturated heterocycles. The van der Waals surface area contributed by atoms with Gasteiger partial charge in [0.1, 0.15) is 11.5 Å². The van der Waals surface area contributed by atoms with E-state index in [9.17, 15) is 4.79 Å². The summed E-state index contributed by atoms with van der Waals surface area (Å²) in [6, 6.07) is 5.28. The summed E-state index contributed by atoms with van der Waals surface area (Å²) >= 11 is 0. The summed E-state index contributed by atoms with van der Waals surface area (Å²) in [7, 11) is 3.18. The van der Waals surface area contributed by atoms with Gasteiger partial charge in [-0.2, -0.15) is 0 Å². The predicted octanol–water partition coefficient (Wildman–Crippen LogP) is 1.62. The molecular formula is C14H22N2O3. The van der Waals surface area contributed by atoms with Crippen molar-refractivity contribution >= 4 is 5.91 Å². The first kappa shape index (κ1) is 15.3. The molecule has 0 aliphatic rings. The Morgan fingerprint density at radius 2 is 1.95 bits per heavy atom. The number of nitrogens with two attached hydrogens (primary N) is 1. The van der Waals surface area contributed by atoms with Crippen molar-refractivity contribution in [3.8, 4) is 11.5 Å². The van der Waals surface area contributed by atoms with Crippen molar-refractivity contribution in [3.05, 3.63) is 23.8 Å². The van der Waals surface area contributed by atoms with Gasteiger partial charge < -0.3 is 20.5 Å². The smallest absolute Gasteiger partial charge is 0.239 e. The molecule has 0 aliphatic heterocycles. The Morgan fingerprint density at radius 3 is 2.42 bits per heavy atom. The van der Waals surface area contributed by atoms with Gasteiger partial charge in [0.05, 0.1) is 25.8 Å². The van der Waals surface area contributed by atoms with Crippen LogP contribution < -0.4 is 20.5 Å². The van der Waals surface area contributed by atoms with E-state index in [1.54, 1.807) is 34.1 Å². The Labute approximate surface area is 114 Å². The van der Waals surface area contributed by atoms with Gasteiger partial charge in [0.2, 0.25) is 5.91 Å². The maximum atomic E-state index is 11.9. The third-order valence-electron chi connectivity index (χ3n) is 2.84. The van der Waals surface area contributed by atoms with Crippen molar-refractivity contribution in [2.45, 2.75) is 32.4 Å². The van der Waals surface area contributed by atoms with Gasteiger partial charge in [0.25, 0.3) is 0 Å². The van der Waals surface area contributed by atoms with Crippen LogP contribution in [0.5, 0.6) is 11.5 Å². The number of carbonyl (C=O) groups is 1. The third kappa shape index (κ3) is 3.86. The lowest BCUT2D eigenvalue weighted by Crippen LogP contribution is -2.49. The van der Waals surface area contributed by atoms with Crippen LogP contribution in [0.15, 0.2) is 18.2 Å². The van der Waals surface area contributed by atoms with Crippen molar-refractivity contribution in [1.82, 2.24) is 5.32 Å². The van der Waals surface area contributed by atoms with Crippen molar-refractivity contribution < 1.29 is 14.3 Å². The number of hydrogen-bond donors (Lipinski definition) is 2. The molecule has 106 valence electrons. The zero-order valence-electron chi connectivity index (χ0n) is 12.1. The Morgan fingerprint density at radius 1 is 1.32 bits per heavy atom. The van der Waals surface area contributed by atoms with E-state index in [1.165, 1.54) is 0 Å². The molecule has 0 fully saturated rings. The SMILES string of the molecule is COc1ccc(C(C)NC(=O)C(C)(C)N)c(OC)c1. The zero-order valence-corrected chi connectivity index (χ0v) is 12.1. The van der Waals surface area contributed by atoms with E-state index in [1.807, 2.05) is 19.1 Å². The van der Waals surface area contributed by atoms with Gasteiger partial charge in [-0.3, -0.25) is 4.79 Å². The first-order valence-corrected chi connectivity index (χ1v) is 6.11. The minimum atomic E-state index is -0.909. The normalized spacial score (nSPS) is 12.7. The number of ether oxygens (including phenoxy) is 2. The molecule has 3 N–H and O–H groups in total. The summed E-state index contributed by atoms with van der Waals surface area (Å²) in [6.07, 6.45) is 0. The van der Waals surface area contributed by atoms with Crippen molar-refractivity contribution in [2.75, 3.05) is 14.2 Å². The highest BCUT2D eigenvalue weighted by molar-refractivity contribution is 5.85. The number of rotatable bonds is 5. The molecule has 1 unspecified atom stereocenters. The maximum absolute atomic E-state index is 11.9. The topological polar surface area (TPSA) is 73.6 Å². The number of benzene rings is 1. The second kappa shape index (κ2) is 5.93. The molecule has 0 radical (unpaired) electrons. The molecule has 0 heterocycles. The summed E-state index contributed by atoms with van der Waals surface area (Å²) in [5.74, 6) is 1.16. The maximum Gasteiger partial charge on any atom is 0.239 e. The van der Waals surface area contributed by atoms with E-state index < -0.39 is 5.54 Å². The van der Waals surface area contributed by atoms with Gasteiger partial charge in [0.15, 0.2) is 0 Å². The molecule has 5 nitrogen and oxygen atoms in total. The molecule has 1 rings (SSSR count). The Balaban J connectivity index is 2.93. The minimum absolute atomic E-state index is 0.198. The molecule has 1 amide bonds. The Kier molecular flexibility index (Phi) is 4.78. The standard InChI is InChI=1S/C14H22N2O3/c1-9(16-13(17)14(2,3)15)11-7-6-10(18-4)8-12(11)19-5/h6-9H,15H2,1-5H3,(H,16,17). The molecule has 0 saturated carbocycles. The number of amides is 1. The molecule has 1 atom stereocenters. The average molecular weight is 266 g/mol. The van der Waals surface area contributed by atoms with E-state index in [0.29, 0.717) is 11.5 Å². The van der Waals surface area contributed by atoms with E-state index in [2.05, 4.69) is 5.32 Å². The fourth-order valence-electron chi connectivity index (χ4n) is 1.64. The van der Waals surface area contributed by atoms with Crippen molar-refractivity contribution in [3.63, 3.8) is 0 Å². The second-order valence-electron chi connectivity index (χ2n) is 5.02. The number of hydrogen-bond acceptors (Lipinski definition) is 4. The van der Waals surface area contributed by atoms with Gasteiger partial charge in [-0.05, 0) is 32.9 Å². The quantitative estimate of drug-likeness (QED) is 0.849. The number of nitrogens with one attached hydrogen (secondary N) is 1. The van der Waals surface area contributed by atoms with Gasteiger partial charge in [-0.1, -0.05) is 0 Å². The molecule has 0 aromatic heterocycles. The summed E-state index contributed by atoms with van der Waals surface area (Å²) < 4.78 is 10.5. The fourth-order valence-corrected chi connectivity index (χ4v) is 1.64. The van der Waals surface area contributed by atoms with Crippen LogP contribution in [0, 0.1) is 0 Å². The summed E-state index contributed by atoms with van der Waals surface area (Å²) in [5, 5.41) is 2.86. The molecule has 0 bridgehead atoms. The van der Waals surface area contributed by atoms with Gasteiger partial charge in [-0.15, -0.1) is 0 Å². The largest absolute Gasteiger partial charge is 0.497 e. The summed E-state index contributed by atoms with van der Waals surface area (Å²) in [5.41, 5.74) is 5.73. The lowest BCUT2D eigenvalue weighted by atomic mass is 10.0. The summed E-state index contributed by atoms with van der Waals surface area (Å²) in [4.78, 5) is 11.9. The van der Waals surface area contributed by atoms with Crippen LogP contribution in [0.4, 0.5) is 0 Å². The Bertz CT molecular complexity index is 452. The predicted molar refractivity (Wildman–Crippen MR) is 74.4 cm³/mol. The second-order valence-corrected chi connectivity index (χ2v) is 5.02. The van der Waals surface area contributed by atoms with Crippen LogP contribution in [0.3, 0.4) is 0 Å². The fraction of sp³-hybridized carbons (Fsp3) is 0.500. The zero-order chi connectivity index (χ0) is 14.6. The molecule has 0 spiro atoms. The van der Waals surface area contributed by atoms with Crippen LogP contribution in [0.2, 0.25) is 0 Å².